The number of aromatic nitrogens is 2. The number of carbonyl (C=O) groups excluding carboxylic acids is 1. The Bertz CT molecular complexity index is 941. The molecule has 2 aromatic rings. The molecule has 35 heavy (non-hydrogen) atoms. The predicted octanol–water partition coefficient (Wildman–Crippen LogP) is 5.11. The predicted molar refractivity (Wildman–Crippen MR) is 129 cm³/mol. The van der Waals surface area contributed by atoms with Crippen molar-refractivity contribution in [1.82, 2.24) is 15.0 Å². The number of nitrogens with zero attached hydrogens (tertiary/aromatic N) is 3. The highest BCUT2D eigenvalue weighted by Gasteiger charge is 2.26. The van der Waals surface area contributed by atoms with E-state index >= 15 is 0 Å². The van der Waals surface area contributed by atoms with E-state index in [4.69, 9.17) is 14.0 Å². The number of fused-ring (bicyclic) bond motifs is 1. The molecule has 7 nitrogen and oxygen atoms in total. The molecule has 1 saturated carbocycles. The van der Waals surface area contributed by atoms with Gasteiger partial charge in [-0.25, -0.2) is 13.8 Å². The second kappa shape index (κ2) is 11.8. The number of carbonyl (C=O) groups is 1. The first-order chi connectivity index (χ1) is 16.7. The molecule has 0 saturated heterocycles. The monoisotopic (exact) mass is 511 g/mol. The number of ether oxygens (including phenoxy) is 2. The minimum absolute atomic E-state index is 0.0555. The Hall–Kier alpha value is -2.07. The third kappa shape index (κ3) is 8.24. The first-order valence-corrected chi connectivity index (χ1v) is 13.3. The van der Waals surface area contributed by atoms with Crippen molar-refractivity contribution in [1.29, 1.82) is 0 Å². The van der Waals surface area contributed by atoms with E-state index in [1.807, 2.05) is 0 Å². The molecule has 2 aromatic heterocycles. The second-order valence-electron chi connectivity index (χ2n) is 10.0. The number of thiazole rings is 1. The minimum atomic E-state index is -2.85. The van der Waals surface area contributed by atoms with Crippen LogP contribution in [0.4, 0.5) is 8.78 Å². The average molecular weight is 512 g/mol. The standard InChI is InChI=1S/C25H35F2N3O4S/c1-17-13-23(29-34-17)32-15-20(31)14-19-5-3-18(4-6-19)7-10-30-11-8-21-22(9-12-30)35-24(28-21)33-16-25(2,26)27/h13,18-19H,3-12,14-16H2,1-2H3. The van der Waals surface area contributed by atoms with Crippen molar-refractivity contribution in [3.63, 3.8) is 0 Å². The summed E-state index contributed by atoms with van der Waals surface area (Å²) in [6, 6.07) is 1.68. The molecule has 1 aliphatic heterocycles. The van der Waals surface area contributed by atoms with Crippen LogP contribution in [0.1, 0.15) is 61.8 Å². The Morgan fingerprint density at radius 2 is 1.94 bits per heavy atom. The minimum Gasteiger partial charge on any atom is -0.467 e. The van der Waals surface area contributed by atoms with Gasteiger partial charge in [0.15, 0.2) is 12.4 Å². The van der Waals surface area contributed by atoms with E-state index in [0.717, 1.165) is 62.8 Å². The van der Waals surface area contributed by atoms with Gasteiger partial charge in [0.2, 0.25) is 0 Å². The molecule has 10 heteroatoms. The summed E-state index contributed by atoms with van der Waals surface area (Å²) in [5.74, 6) is -0.529. The lowest BCUT2D eigenvalue weighted by molar-refractivity contribution is -0.122. The van der Waals surface area contributed by atoms with Crippen LogP contribution in [-0.2, 0) is 17.6 Å². The van der Waals surface area contributed by atoms with Crippen molar-refractivity contribution in [2.75, 3.05) is 32.8 Å². The maximum atomic E-state index is 13.0. The fourth-order valence-corrected chi connectivity index (χ4v) is 5.84. The van der Waals surface area contributed by atoms with Crippen molar-refractivity contribution in [2.24, 2.45) is 11.8 Å². The summed E-state index contributed by atoms with van der Waals surface area (Å²) in [5, 5.41) is 4.11. The van der Waals surface area contributed by atoms with Crippen LogP contribution in [0.3, 0.4) is 0 Å². The molecule has 194 valence electrons. The van der Waals surface area contributed by atoms with Crippen molar-refractivity contribution in [2.45, 2.75) is 71.1 Å². The largest absolute Gasteiger partial charge is 0.467 e. The Kier molecular flexibility index (Phi) is 8.75. The van der Waals surface area contributed by atoms with E-state index in [0.29, 0.717) is 35.1 Å². The highest BCUT2D eigenvalue weighted by Crippen LogP contribution is 2.34. The fourth-order valence-electron chi connectivity index (χ4n) is 4.90. The molecule has 0 bridgehead atoms. The first kappa shape index (κ1) is 26.0. The van der Waals surface area contributed by atoms with Crippen molar-refractivity contribution in [3.05, 3.63) is 22.4 Å². The lowest BCUT2D eigenvalue weighted by Crippen LogP contribution is -2.30. The molecule has 0 atom stereocenters. The molecule has 0 spiro atoms. The van der Waals surface area contributed by atoms with E-state index in [2.05, 4.69) is 15.0 Å². The molecule has 1 aliphatic carbocycles. The van der Waals surface area contributed by atoms with Crippen molar-refractivity contribution >= 4 is 17.1 Å². The van der Waals surface area contributed by atoms with Gasteiger partial charge in [0.1, 0.15) is 12.4 Å². The van der Waals surface area contributed by atoms with Crippen LogP contribution in [0.5, 0.6) is 11.1 Å². The molecule has 0 amide bonds. The van der Waals surface area contributed by atoms with Crippen LogP contribution < -0.4 is 9.47 Å². The van der Waals surface area contributed by atoms with E-state index in [1.165, 1.54) is 30.6 Å². The highest BCUT2D eigenvalue weighted by molar-refractivity contribution is 7.13. The second-order valence-corrected chi connectivity index (χ2v) is 11.1. The molecular formula is C25H35F2N3O4S. The summed E-state index contributed by atoms with van der Waals surface area (Å²) in [7, 11) is 0. The van der Waals surface area contributed by atoms with Crippen LogP contribution in [0.15, 0.2) is 10.6 Å². The lowest BCUT2D eigenvalue weighted by Gasteiger charge is -2.30. The summed E-state index contributed by atoms with van der Waals surface area (Å²) < 4.78 is 41.6. The molecule has 0 radical (unpaired) electrons. The van der Waals surface area contributed by atoms with Crippen LogP contribution in [0.2, 0.25) is 0 Å². The summed E-state index contributed by atoms with van der Waals surface area (Å²) in [5.41, 5.74) is 1.000. The van der Waals surface area contributed by atoms with Gasteiger partial charge < -0.3 is 18.9 Å². The van der Waals surface area contributed by atoms with Gasteiger partial charge in [-0.05, 0) is 56.1 Å². The summed E-state index contributed by atoms with van der Waals surface area (Å²) in [6.07, 6.45) is 8.02. The SMILES string of the molecule is Cc1cc(OCC(=O)CC2CCC(CCN3CCc4nc(OCC(C)(F)F)sc4CC3)CC2)no1. The van der Waals surface area contributed by atoms with Gasteiger partial charge in [0.05, 0.1) is 5.69 Å². The smallest absolute Gasteiger partial charge is 0.278 e. The highest BCUT2D eigenvalue weighted by atomic mass is 32.1. The molecular weight excluding hydrogens is 476 g/mol. The molecule has 1 fully saturated rings. The van der Waals surface area contributed by atoms with E-state index < -0.39 is 12.5 Å². The summed E-state index contributed by atoms with van der Waals surface area (Å²) in [6.45, 7) is 5.05. The normalized spacial score (nSPS) is 21.4. The molecule has 4 rings (SSSR count). The summed E-state index contributed by atoms with van der Waals surface area (Å²) in [4.78, 5) is 20.4. The van der Waals surface area contributed by atoms with Crippen LogP contribution >= 0.6 is 11.3 Å². The van der Waals surface area contributed by atoms with E-state index in [1.54, 1.807) is 13.0 Å². The van der Waals surface area contributed by atoms with Gasteiger partial charge >= 0.3 is 0 Å². The van der Waals surface area contributed by atoms with Gasteiger partial charge in [-0.2, -0.15) is 0 Å². The number of halogens is 2. The zero-order valence-electron chi connectivity index (χ0n) is 20.6. The topological polar surface area (TPSA) is 77.7 Å². The maximum absolute atomic E-state index is 13.0. The first-order valence-electron chi connectivity index (χ1n) is 12.5. The number of ketones is 1. The van der Waals surface area contributed by atoms with Gasteiger partial charge in [0.25, 0.3) is 17.0 Å². The Morgan fingerprint density at radius 3 is 2.66 bits per heavy atom. The van der Waals surface area contributed by atoms with Crippen LogP contribution in [-0.4, -0.2) is 59.6 Å². The van der Waals surface area contributed by atoms with Gasteiger partial charge in [-0.1, -0.05) is 24.2 Å². The van der Waals surface area contributed by atoms with Gasteiger partial charge in [-0.3, -0.25) is 4.79 Å². The van der Waals surface area contributed by atoms with E-state index in [-0.39, 0.29) is 12.4 Å². The van der Waals surface area contributed by atoms with E-state index in [9.17, 15) is 13.6 Å². The number of rotatable bonds is 11. The molecule has 0 N–H and O–H groups in total. The Morgan fingerprint density at radius 1 is 1.20 bits per heavy atom. The van der Waals surface area contributed by atoms with Crippen molar-refractivity contribution in [3.8, 4) is 11.1 Å². The lowest BCUT2D eigenvalue weighted by atomic mass is 9.78. The van der Waals surface area contributed by atoms with Crippen molar-refractivity contribution < 1.29 is 27.6 Å². The zero-order valence-corrected chi connectivity index (χ0v) is 21.4. The Balaban J connectivity index is 1.11. The third-order valence-corrected chi connectivity index (χ3v) is 7.92. The maximum Gasteiger partial charge on any atom is 0.278 e. The van der Waals surface area contributed by atoms with Crippen LogP contribution in [0, 0.1) is 18.8 Å². The zero-order chi connectivity index (χ0) is 24.8. The molecule has 0 unspecified atom stereocenters. The van der Waals surface area contributed by atoms with Gasteiger partial charge in [0, 0.05) is 43.8 Å². The van der Waals surface area contributed by atoms with Gasteiger partial charge in [-0.15, -0.1) is 0 Å². The number of hydrogen-bond donors (Lipinski definition) is 0. The Labute approximate surface area is 209 Å². The quantitative estimate of drug-likeness (QED) is 0.415. The fraction of sp³-hybridized carbons (Fsp3) is 0.720. The summed E-state index contributed by atoms with van der Waals surface area (Å²) >= 11 is 1.41. The number of Topliss-reactive ketones (excluding diaryl/α,β-unsaturated/α-hetero) is 1. The third-order valence-electron chi connectivity index (χ3n) is 6.85. The van der Waals surface area contributed by atoms with Crippen LogP contribution in [0.25, 0.3) is 0 Å². The number of aryl methyl sites for hydroxylation is 1. The number of hydrogen-bond acceptors (Lipinski definition) is 8. The molecule has 2 aliphatic rings. The number of alkyl halides is 2. The average Bonchev–Trinajstić information content (AvgIpc) is 3.36. The molecule has 0 aromatic carbocycles. The molecule has 3 heterocycles.